The molecule has 7 heteroatoms. The molecule has 0 saturated heterocycles. The molecule has 158 valence electrons. The van der Waals surface area contributed by atoms with Crippen molar-refractivity contribution in [2.75, 3.05) is 11.9 Å². The molecule has 0 fully saturated rings. The van der Waals surface area contributed by atoms with Crippen molar-refractivity contribution in [2.45, 2.75) is 49.7 Å². The molecule has 0 aliphatic heterocycles. The SMILES string of the molecule is CCC(C)CC(CCCO)Sc1cc(C(=O)Nc2ccc(F)c(F)c2)ccc1Cl. The summed E-state index contributed by atoms with van der Waals surface area (Å²) in [5.41, 5.74) is 0.557. The molecule has 2 aromatic rings. The van der Waals surface area contributed by atoms with Gasteiger partial charge in [0.1, 0.15) is 0 Å². The Balaban J connectivity index is 2.15. The van der Waals surface area contributed by atoms with Crippen molar-refractivity contribution in [3.8, 4) is 0 Å². The molecule has 0 aliphatic rings. The normalized spacial score (nSPS) is 13.2. The van der Waals surface area contributed by atoms with Gasteiger partial charge in [0.25, 0.3) is 5.91 Å². The van der Waals surface area contributed by atoms with Crippen LogP contribution in [0.15, 0.2) is 41.3 Å². The van der Waals surface area contributed by atoms with E-state index < -0.39 is 17.5 Å². The number of anilines is 1. The number of amides is 1. The Hall–Kier alpha value is -1.63. The van der Waals surface area contributed by atoms with Crippen LogP contribution >= 0.6 is 23.4 Å². The van der Waals surface area contributed by atoms with Crippen LogP contribution in [0.4, 0.5) is 14.5 Å². The molecule has 2 aromatic carbocycles. The standard InChI is InChI=1S/C22H26ClF2NO2S/c1-3-14(2)11-17(5-4-10-27)29-21-12-15(6-8-18(21)23)22(28)26-16-7-9-19(24)20(25)13-16/h6-9,12-14,17,27H,3-5,10-11H2,1-2H3,(H,26,28). The zero-order chi connectivity index (χ0) is 21.4. The quantitative estimate of drug-likeness (QED) is 0.411. The van der Waals surface area contributed by atoms with Gasteiger partial charge in [0.2, 0.25) is 0 Å². The monoisotopic (exact) mass is 441 g/mol. The molecule has 0 heterocycles. The lowest BCUT2D eigenvalue weighted by molar-refractivity contribution is 0.102. The highest BCUT2D eigenvalue weighted by atomic mass is 35.5. The van der Waals surface area contributed by atoms with Gasteiger partial charge in [0.15, 0.2) is 11.6 Å². The van der Waals surface area contributed by atoms with Gasteiger partial charge in [-0.15, -0.1) is 11.8 Å². The summed E-state index contributed by atoms with van der Waals surface area (Å²) >= 11 is 7.96. The summed E-state index contributed by atoms with van der Waals surface area (Å²) < 4.78 is 26.4. The molecule has 2 unspecified atom stereocenters. The summed E-state index contributed by atoms with van der Waals surface area (Å²) in [7, 11) is 0. The first kappa shape index (κ1) is 23.6. The van der Waals surface area contributed by atoms with E-state index >= 15 is 0 Å². The fourth-order valence-electron chi connectivity index (χ4n) is 2.85. The lowest BCUT2D eigenvalue weighted by atomic mass is 10.0. The molecule has 0 bridgehead atoms. The molecule has 29 heavy (non-hydrogen) atoms. The molecule has 0 aromatic heterocycles. The Bertz CT molecular complexity index is 834. The zero-order valence-electron chi connectivity index (χ0n) is 16.6. The summed E-state index contributed by atoms with van der Waals surface area (Å²) in [5, 5.41) is 12.6. The van der Waals surface area contributed by atoms with Crippen molar-refractivity contribution in [3.63, 3.8) is 0 Å². The minimum Gasteiger partial charge on any atom is -0.396 e. The number of aliphatic hydroxyl groups excluding tert-OH is 1. The summed E-state index contributed by atoms with van der Waals surface area (Å²) in [6.45, 7) is 4.48. The van der Waals surface area contributed by atoms with E-state index in [1.807, 2.05) is 0 Å². The van der Waals surface area contributed by atoms with Crippen LogP contribution in [0, 0.1) is 17.6 Å². The average Bonchev–Trinajstić information content (AvgIpc) is 2.70. The van der Waals surface area contributed by atoms with Crippen LogP contribution in [0.5, 0.6) is 0 Å². The fourth-order valence-corrected chi connectivity index (χ4v) is 4.55. The van der Waals surface area contributed by atoms with E-state index in [1.165, 1.54) is 6.07 Å². The number of carbonyl (C=O) groups excluding carboxylic acids is 1. The van der Waals surface area contributed by atoms with Crippen molar-refractivity contribution in [2.24, 2.45) is 5.92 Å². The van der Waals surface area contributed by atoms with E-state index in [4.69, 9.17) is 11.6 Å². The highest BCUT2D eigenvalue weighted by Crippen LogP contribution is 2.36. The van der Waals surface area contributed by atoms with Crippen LogP contribution in [0.25, 0.3) is 0 Å². The number of benzene rings is 2. The molecule has 0 spiro atoms. The number of nitrogens with one attached hydrogen (secondary N) is 1. The van der Waals surface area contributed by atoms with Gasteiger partial charge in [0, 0.05) is 34.1 Å². The maximum atomic E-state index is 13.4. The molecule has 0 radical (unpaired) electrons. The van der Waals surface area contributed by atoms with Crippen LogP contribution < -0.4 is 5.32 Å². The van der Waals surface area contributed by atoms with Crippen molar-refractivity contribution in [1.29, 1.82) is 0 Å². The minimum atomic E-state index is -1.02. The van der Waals surface area contributed by atoms with E-state index in [0.717, 1.165) is 36.3 Å². The van der Waals surface area contributed by atoms with Crippen LogP contribution in [0.1, 0.15) is 49.9 Å². The maximum Gasteiger partial charge on any atom is 0.255 e. The molecule has 0 aliphatic carbocycles. The first-order valence-corrected chi connectivity index (χ1v) is 10.9. The third-order valence-electron chi connectivity index (χ3n) is 4.71. The molecule has 3 nitrogen and oxygen atoms in total. The number of aliphatic hydroxyl groups is 1. The Morgan fingerprint density at radius 1 is 1.21 bits per heavy atom. The summed E-state index contributed by atoms with van der Waals surface area (Å²) in [4.78, 5) is 13.3. The predicted molar refractivity (Wildman–Crippen MR) is 116 cm³/mol. The van der Waals surface area contributed by atoms with Gasteiger partial charge in [0.05, 0.1) is 5.02 Å². The number of rotatable bonds is 10. The van der Waals surface area contributed by atoms with E-state index in [0.29, 0.717) is 22.9 Å². The minimum absolute atomic E-state index is 0.141. The Morgan fingerprint density at radius 3 is 2.62 bits per heavy atom. The van der Waals surface area contributed by atoms with E-state index in [1.54, 1.807) is 30.0 Å². The number of thioether (sulfide) groups is 1. The second-order valence-electron chi connectivity index (χ2n) is 7.08. The predicted octanol–water partition coefficient (Wildman–Crippen LogP) is 6.54. The van der Waals surface area contributed by atoms with Crippen LogP contribution in [0.3, 0.4) is 0 Å². The number of carbonyl (C=O) groups is 1. The van der Waals surface area contributed by atoms with E-state index in [-0.39, 0.29) is 17.5 Å². The molecule has 2 atom stereocenters. The van der Waals surface area contributed by atoms with Gasteiger partial charge in [-0.05, 0) is 55.5 Å². The lowest BCUT2D eigenvalue weighted by Gasteiger charge is -2.20. The third kappa shape index (κ3) is 7.28. The van der Waals surface area contributed by atoms with Gasteiger partial charge in [-0.1, -0.05) is 31.9 Å². The maximum absolute atomic E-state index is 13.4. The van der Waals surface area contributed by atoms with Gasteiger partial charge >= 0.3 is 0 Å². The van der Waals surface area contributed by atoms with Gasteiger partial charge in [-0.2, -0.15) is 0 Å². The zero-order valence-corrected chi connectivity index (χ0v) is 18.1. The first-order valence-electron chi connectivity index (χ1n) is 9.67. The average molecular weight is 442 g/mol. The Labute approximate surface area is 179 Å². The van der Waals surface area contributed by atoms with E-state index in [2.05, 4.69) is 19.2 Å². The largest absolute Gasteiger partial charge is 0.396 e. The smallest absolute Gasteiger partial charge is 0.255 e. The molecule has 2 N–H and O–H groups in total. The van der Waals surface area contributed by atoms with Crippen LogP contribution in [-0.2, 0) is 0 Å². The second kappa shape index (κ2) is 11.5. The topological polar surface area (TPSA) is 49.3 Å². The highest BCUT2D eigenvalue weighted by molar-refractivity contribution is 8.00. The lowest BCUT2D eigenvalue weighted by Crippen LogP contribution is -2.13. The summed E-state index contributed by atoms with van der Waals surface area (Å²) in [5.74, 6) is -1.87. The first-order chi connectivity index (χ1) is 13.8. The molecular weight excluding hydrogens is 416 g/mol. The summed E-state index contributed by atoms with van der Waals surface area (Å²) in [6.07, 6.45) is 3.62. The summed E-state index contributed by atoms with van der Waals surface area (Å²) in [6, 6.07) is 8.18. The molecular formula is C22H26ClF2NO2S. The second-order valence-corrected chi connectivity index (χ2v) is 8.83. The molecule has 0 saturated carbocycles. The fraction of sp³-hybridized carbons (Fsp3) is 0.409. The van der Waals surface area contributed by atoms with Gasteiger partial charge in [-0.3, -0.25) is 4.79 Å². The van der Waals surface area contributed by atoms with Crippen molar-refractivity contribution < 1.29 is 18.7 Å². The van der Waals surface area contributed by atoms with Gasteiger partial charge < -0.3 is 10.4 Å². The third-order valence-corrected chi connectivity index (χ3v) is 6.51. The van der Waals surface area contributed by atoms with E-state index in [9.17, 15) is 18.7 Å². The van der Waals surface area contributed by atoms with Crippen molar-refractivity contribution >= 4 is 35.0 Å². The highest BCUT2D eigenvalue weighted by Gasteiger charge is 2.17. The number of hydrogen-bond acceptors (Lipinski definition) is 3. The van der Waals surface area contributed by atoms with Crippen LogP contribution in [-0.4, -0.2) is 22.9 Å². The van der Waals surface area contributed by atoms with Gasteiger partial charge in [-0.25, -0.2) is 8.78 Å². The molecule has 1 amide bonds. The molecule has 2 rings (SSSR count). The number of halogens is 3. The van der Waals surface area contributed by atoms with Crippen molar-refractivity contribution in [3.05, 3.63) is 58.6 Å². The Morgan fingerprint density at radius 2 is 1.97 bits per heavy atom. The Kier molecular flexibility index (Phi) is 9.40. The number of hydrogen-bond donors (Lipinski definition) is 2. The van der Waals surface area contributed by atoms with Crippen molar-refractivity contribution in [1.82, 2.24) is 0 Å². The van der Waals surface area contributed by atoms with Crippen LogP contribution in [0.2, 0.25) is 5.02 Å².